The number of para-hydroxylation sites is 1. The summed E-state index contributed by atoms with van der Waals surface area (Å²) in [6.07, 6.45) is 2.41. The van der Waals surface area contributed by atoms with Crippen molar-refractivity contribution in [2.75, 3.05) is 13.2 Å². The van der Waals surface area contributed by atoms with Gasteiger partial charge in [-0.3, -0.25) is 9.69 Å². The van der Waals surface area contributed by atoms with Crippen molar-refractivity contribution in [3.8, 4) is 5.75 Å². The first-order valence-electron chi connectivity index (χ1n) is 8.27. The maximum atomic E-state index is 12.7. The summed E-state index contributed by atoms with van der Waals surface area (Å²) in [6, 6.07) is 16.9. The molecular weight excluding hydrogens is 382 g/mol. The number of carboxylic acid groups (broad SMARTS) is 1. The Bertz CT molecular complexity index is 896. The number of benzene rings is 2. The molecule has 5 nitrogen and oxygen atoms in total. The van der Waals surface area contributed by atoms with E-state index in [0.717, 1.165) is 12.0 Å². The number of carbonyl (C=O) groups excluding carboxylic acids is 1. The lowest BCUT2D eigenvalue weighted by atomic mass is 10.1. The van der Waals surface area contributed by atoms with Gasteiger partial charge in [0.1, 0.15) is 10.1 Å². The molecule has 1 saturated heterocycles. The summed E-state index contributed by atoms with van der Waals surface area (Å²) in [5, 5.41) is 8.79. The summed E-state index contributed by atoms with van der Waals surface area (Å²) in [6.45, 7) is 0.0755. The van der Waals surface area contributed by atoms with Gasteiger partial charge in [0.2, 0.25) is 0 Å². The summed E-state index contributed by atoms with van der Waals surface area (Å²) in [5.74, 6) is -0.791. The minimum Gasteiger partial charge on any atom is -0.481 e. The number of carboxylic acids is 1. The van der Waals surface area contributed by atoms with Crippen LogP contribution in [0.1, 0.15) is 11.1 Å². The van der Waals surface area contributed by atoms with Crippen LogP contribution in [0.4, 0.5) is 0 Å². The van der Waals surface area contributed by atoms with E-state index in [4.69, 9.17) is 22.1 Å². The quantitative estimate of drug-likeness (QED) is 0.567. The third-order valence-electron chi connectivity index (χ3n) is 3.90. The van der Waals surface area contributed by atoms with Crippen molar-refractivity contribution in [3.05, 3.63) is 70.6 Å². The fourth-order valence-corrected chi connectivity index (χ4v) is 3.89. The second-order valence-electron chi connectivity index (χ2n) is 5.79. The van der Waals surface area contributed by atoms with Crippen LogP contribution in [0.3, 0.4) is 0 Å². The molecule has 2 aromatic carbocycles. The van der Waals surface area contributed by atoms with E-state index in [2.05, 4.69) is 0 Å². The maximum Gasteiger partial charge on any atom is 0.341 e. The lowest BCUT2D eigenvalue weighted by Crippen LogP contribution is -2.30. The molecule has 1 amide bonds. The summed E-state index contributed by atoms with van der Waals surface area (Å²) in [5.41, 5.74) is 1.78. The number of ether oxygens (including phenoxy) is 1. The zero-order valence-corrected chi connectivity index (χ0v) is 16.0. The first-order chi connectivity index (χ1) is 13.0. The maximum absolute atomic E-state index is 12.7. The number of amides is 1. The van der Waals surface area contributed by atoms with Crippen LogP contribution in [-0.2, 0) is 16.0 Å². The van der Waals surface area contributed by atoms with E-state index < -0.39 is 12.6 Å². The van der Waals surface area contributed by atoms with Gasteiger partial charge in [-0.2, -0.15) is 0 Å². The Kier molecular flexibility index (Phi) is 6.26. The Hall–Kier alpha value is -2.64. The van der Waals surface area contributed by atoms with Crippen molar-refractivity contribution in [1.29, 1.82) is 0 Å². The van der Waals surface area contributed by atoms with E-state index in [0.29, 0.717) is 27.1 Å². The molecule has 2 aromatic rings. The molecule has 1 aliphatic rings. The van der Waals surface area contributed by atoms with Gasteiger partial charge < -0.3 is 9.84 Å². The van der Waals surface area contributed by atoms with Gasteiger partial charge in [-0.05, 0) is 24.1 Å². The highest BCUT2D eigenvalue weighted by molar-refractivity contribution is 8.26. The molecule has 0 unspecified atom stereocenters. The largest absolute Gasteiger partial charge is 0.481 e. The van der Waals surface area contributed by atoms with E-state index in [9.17, 15) is 9.59 Å². The van der Waals surface area contributed by atoms with Crippen molar-refractivity contribution in [2.24, 2.45) is 0 Å². The monoisotopic (exact) mass is 399 g/mol. The number of hydrogen-bond acceptors (Lipinski definition) is 5. The molecule has 138 valence electrons. The van der Waals surface area contributed by atoms with Gasteiger partial charge in [0, 0.05) is 12.1 Å². The molecule has 7 heteroatoms. The number of thiocarbonyl (C=S) groups is 1. The molecule has 0 bridgehead atoms. The van der Waals surface area contributed by atoms with E-state index in [1.165, 1.54) is 11.8 Å². The number of rotatable bonds is 7. The van der Waals surface area contributed by atoms with Gasteiger partial charge in [0.15, 0.2) is 6.61 Å². The van der Waals surface area contributed by atoms with Crippen LogP contribution >= 0.6 is 24.0 Å². The normalized spacial score (nSPS) is 15.4. The van der Waals surface area contributed by atoms with Gasteiger partial charge in [-0.25, -0.2) is 4.79 Å². The molecule has 0 atom stereocenters. The molecule has 1 heterocycles. The highest BCUT2D eigenvalue weighted by Gasteiger charge is 2.31. The van der Waals surface area contributed by atoms with Crippen LogP contribution in [0.2, 0.25) is 0 Å². The second-order valence-corrected chi connectivity index (χ2v) is 7.46. The van der Waals surface area contributed by atoms with E-state index >= 15 is 0 Å². The van der Waals surface area contributed by atoms with E-state index in [-0.39, 0.29) is 5.91 Å². The number of aliphatic carboxylic acids is 1. The molecule has 0 aromatic heterocycles. The molecule has 0 spiro atoms. The molecule has 1 fully saturated rings. The predicted octanol–water partition coefficient (Wildman–Crippen LogP) is 3.59. The average Bonchev–Trinajstić information content (AvgIpc) is 2.93. The number of nitrogens with zero attached hydrogens (tertiary/aromatic N) is 1. The zero-order chi connectivity index (χ0) is 19.2. The Balaban J connectivity index is 1.73. The van der Waals surface area contributed by atoms with E-state index in [1.54, 1.807) is 35.2 Å². The molecule has 27 heavy (non-hydrogen) atoms. The van der Waals surface area contributed by atoms with Crippen LogP contribution in [-0.4, -0.2) is 39.4 Å². The zero-order valence-electron chi connectivity index (χ0n) is 14.3. The minimum absolute atomic E-state index is 0.144. The van der Waals surface area contributed by atoms with Crippen LogP contribution in [0, 0.1) is 0 Å². The number of hydrogen-bond donors (Lipinski definition) is 1. The summed E-state index contributed by atoms with van der Waals surface area (Å²) in [7, 11) is 0. The third kappa shape index (κ3) is 4.96. The SMILES string of the molecule is O=C(O)COc1ccccc1/C=C1/SC(=S)N(CCc2ccccc2)C1=O. The van der Waals surface area contributed by atoms with Crippen LogP contribution < -0.4 is 4.74 Å². The Labute approximate surface area is 166 Å². The van der Waals surface area contributed by atoms with E-state index in [1.807, 2.05) is 30.3 Å². The van der Waals surface area contributed by atoms with Gasteiger partial charge in [0.25, 0.3) is 5.91 Å². The minimum atomic E-state index is -1.06. The highest BCUT2D eigenvalue weighted by atomic mass is 32.2. The Morgan fingerprint density at radius 1 is 1.15 bits per heavy atom. The lowest BCUT2D eigenvalue weighted by molar-refractivity contribution is -0.139. The van der Waals surface area contributed by atoms with Gasteiger partial charge >= 0.3 is 5.97 Å². The van der Waals surface area contributed by atoms with Gasteiger partial charge in [0.05, 0.1) is 4.91 Å². The highest BCUT2D eigenvalue weighted by Crippen LogP contribution is 2.34. The Morgan fingerprint density at radius 3 is 2.59 bits per heavy atom. The van der Waals surface area contributed by atoms with Crippen molar-refractivity contribution in [2.45, 2.75) is 6.42 Å². The fourth-order valence-electron chi connectivity index (χ4n) is 2.59. The summed E-state index contributed by atoms with van der Waals surface area (Å²) < 4.78 is 5.81. The lowest BCUT2D eigenvalue weighted by Gasteiger charge is -2.14. The fraction of sp³-hybridized carbons (Fsp3) is 0.150. The van der Waals surface area contributed by atoms with Crippen molar-refractivity contribution in [1.82, 2.24) is 4.90 Å². The second kappa shape index (κ2) is 8.83. The average molecular weight is 399 g/mol. The van der Waals surface area contributed by atoms with Crippen molar-refractivity contribution >= 4 is 46.3 Å². The standard InChI is InChI=1S/C20H17NO4S2/c22-18(23)13-25-16-9-5-4-8-15(16)12-17-19(24)21(20(26)27-17)11-10-14-6-2-1-3-7-14/h1-9,12H,10-11,13H2,(H,22,23)/b17-12+. The first kappa shape index (κ1) is 19.1. The number of carbonyl (C=O) groups is 2. The topological polar surface area (TPSA) is 66.8 Å². The third-order valence-corrected chi connectivity index (χ3v) is 5.28. The molecule has 3 rings (SSSR count). The number of thioether (sulfide) groups is 1. The molecule has 1 N–H and O–H groups in total. The smallest absolute Gasteiger partial charge is 0.341 e. The first-order valence-corrected chi connectivity index (χ1v) is 9.50. The van der Waals surface area contributed by atoms with Crippen LogP contribution in [0.15, 0.2) is 59.5 Å². The molecule has 0 aliphatic carbocycles. The summed E-state index contributed by atoms with van der Waals surface area (Å²) >= 11 is 6.60. The van der Waals surface area contributed by atoms with Crippen molar-refractivity contribution < 1.29 is 19.4 Å². The van der Waals surface area contributed by atoms with Crippen LogP contribution in [0.25, 0.3) is 6.08 Å². The van der Waals surface area contributed by atoms with Crippen LogP contribution in [0.5, 0.6) is 5.75 Å². The summed E-state index contributed by atoms with van der Waals surface area (Å²) in [4.78, 5) is 25.6. The predicted molar refractivity (Wildman–Crippen MR) is 110 cm³/mol. The molecular formula is C20H17NO4S2. The molecule has 0 radical (unpaired) electrons. The molecule has 1 aliphatic heterocycles. The van der Waals surface area contributed by atoms with Crippen molar-refractivity contribution in [3.63, 3.8) is 0 Å². The molecule has 0 saturated carbocycles. The Morgan fingerprint density at radius 2 is 1.85 bits per heavy atom. The van der Waals surface area contributed by atoms with Gasteiger partial charge in [-0.1, -0.05) is 72.5 Å². The van der Waals surface area contributed by atoms with Gasteiger partial charge in [-0.15, -0.1) is 0 Å².